The average molecular weight is 343 g/mol. The number of nitrogens with zero attached hydrogens (tertiary/aromatic N) is 4. The Morgan fingerprint density at radius 2 is 1.88 bits per heavy atom. The highest BCUT2D eigenvalue weighted by atomic mass is 16.2. The Bertz CT molecular complexity index is 714. The molecule has 0 atom stereocenters. The Balaban J connectivity index is 1.45. The summed E-state index contributed by atoms with van der Waals surface area (Å²) in [6, 6.07) is 7.88. The van der Waals surface area contributed by atoms with E-state index in [2.05, 4.69) is 14.9 Å². The summed E-state index contributed by atoms with van der Waals surface area (Å²) in [5.41, 5.74) is 1.94. The van der Waals surface area contributed by atoms with Crippen LogP contribution in [0.5, 0.6) is 0 Å². The van der Waals surface area contributed by atoms with Crippen molar-refractivity contribution in [2.24, 2.45) is 0 Å². The zero-order chi connectivity index (χ0) is 17.8. The van der Waals surface area contributed by atoms with Crippen molar-refractivity contribution >= 4 is 22.8 Å². The van der Waals surface area contributed by atoms with Crippen LogP contribution in [-0.4, -0.2) is 83.3 Å². The Kier molecular flexibility index (Phi) is 5.33. The zero-order valence-corrected chi connectivity index (χ0v) is 14.9. The summed E-state index contributed by atoms with van der Waals surface area (Å²) in [5.74, 6) is 1.11. The normalized spacial score (nSPS) is 15.5. The average Bonchev–Trinajstić information content (AvgIpc) is 3.03. The molecule has 1 aromatic carbocycles. The molecule has 0 aliphatic carbocycles. The van der Waals surface area contributed by atoms with Crippen molar-refractivity contribution in [2.45, 2.75) is 12.8 Å². The maximum Gasteiger partial charge on any atom is 0.236 e. The molecule has 0 bridgehead atoms. The first-order valence-electron chi connectivity index (χ1n) is 8.67. The molecule has 0 spiro atoms. The Hall–Kier alpha value is -2.41. The number of likely N-dealkylation sites (N-methyl/N-ethyl adjacent to an activating group) is 1. The summed E-state index contributed by atoms with van der Waals surface area (Å²) < 4.78 is 0. The number of rotatable bonds is 5. The number of benzene rings is 1. The van der Waals surface area contributed by atoms with E-state index in [0.717, 1.165) is 29.9 Å². The van der Waals surface area contributed by atoms with Crippen LogP contribution in [0.15, 0.2) is 24.3 Å². The highest BCUT2D eigenvalue weighted by Crippen LogP contribution is 2.12. The number of fused-ring (bicyclic) bond motifs is 1. The monoisotopic (exact) mass is 343 g/mol. The summed E-state index contributed by atoms with van der Waals surface area (Å²) in [7, 11) is 3.53. The third kappa shape index (κ3) is 4.36. The van der Waals surface area contributed by atoms with E-state index in [0.29, 0.717) is 32.5 Å². The van der Waals surface area contributed by atoms with Gasteiger partial charge in [-0.05, 0) is 12.1 Å². The highest BCUT2D eigenvalue weighted by Gasteiger charge is 2.22. The summed E-state index contributed by atoms with van der Waals surface area (Å²) in [5, 5.41) is 0. The maximum atomic E-state index is 12.4. The smallest absolute Gasteiger partial charge is 0.236 e. The number of hydrogen-bond donors (Lipinski definition) is 1. The second-order valence-corrected chi connectivity index (χ2v) is 6.65. The lowest BCUT2D eigenvalue weighted by molar-refractivity contribution is -0.134. The molecular weight excluding hydrogens is 318 g/mol. The van der Waals surface area contributed by atoms with Crippen molar-refractivity contribution in [3.8, 4) is 0 Å². The lowest BCUT2D eigenvalue weighted by Crippen LogP contribution is -2.51. The number of hydrogen-bond acceptors (Lipinski definition) is 4. The number of aryl methyl sites for hydroxylation is 1. The van der Waals surface area contributed by atoms with Gasteiger partial charge in [0.1, 0.15) is 5.82 Å². The van der Waals surface area contributed by atoms with E-state index < -0.39 is 0 Å². The predicted molar refractivity (Wildman–Crippen MR) is 96.1 cm³/mol. The predicted octanol–water partition coefficient (Wildman–Crippen LogP) is 0.728. The van der Waals surface area contributed by atoms with Gasteiger partial charge in [-0.2, -0.15) is 0 Å². The van der Waals surface area contributed by atoms with E-state index in [4.69, 9.17) is 0 Å². The van der Waals surface area contributed by atoms with Crippen molar-refractivity contribution in [1.82, 2.24) is 24.7 Å². The van der Waals surface area contributed by atoms with E-state index in [-0.39, 0.29) is 11.8 Å². The largest absolute Gasteiger partial charge is 0.348 e. The van der Waals surface area contributed by atoms with Crippen LogP contribution in [0, 0.1) is 0 Å². The lowest BCUT2D eigenvalue weighted by atomic mass is 10.2. The van der Waals surface area contributed by atoms with E-state index in [1.54, 1.807) is 19.0 Å². The molecule has 25 heavy (non-hydrogen) atoms. The summed E-state index contributed by atoms with van der Waals surface area (Å²) in [6.45, 7) is 3.28. The minimum atomic E-state index is 0.102. The number of imidazole rings is 1. The number of nitrogens with one attached hydrogen (secondary N) is 1. The molecule has 1 fully saturated rings. The van der Waals surface area contributed by atoms with Crippen LogP contribution in [0.3, 0.4) is 0 Å². The molecule has 0 saturated carbocycles. The van der Waals surface area contributed by atoms with E-state index in [1.165, 1.54) is 0 Å². The van der Waals surface area contributed by atoms with E-state index >= 15 is 0 Å². The number of aromatic amines is 1. The molecular formula is C18H25N5O2. The van der Waals surface area contributed by atoms with Gasteiger partial charge in [0, 0.05) is 53.1 Å². The first-order valence-corrected chi connectivity index (χ1v) is 8.67. The summed E-state index contributed by atoms with van der Waals surface area (Å²) in [6.07, 6.45) is 1.07. The van der Waals surface area contributed by atoms with Crippen LogP contribution in [0.1, 0.15) is 12.2 Å². The van der Waals surface area contributed by atoms with Crippen molar-refractivity contribution in [3.05, 3.63) is 30.1 Å². The molecule has 1 saturated heterocycles. The van der Waals surface area contributed by atoms with E-state index in [1.807, 2.05) is 29.2 Å². The summed E-state index contributed by atoms with van der Waals surface area (Å²) in [4.78, 5) is 37.5. The lowest BCUT2D eigenvalue weighted by Gasteiger charge is -2.34. The van der Waals surface area contributed by atoms with Gasteiger partial charge in [-0.15, -0.1) is 0 Å². The highest BCUT2D eigenvalue weighted by molar-refractivity contribution is 5.78. The minimum absolute atomic E-state index is 0.102. The van der Waals surface area contributed by atoms with Crippen LogP contribution in [-0.2, 0) is 16.0 Å². The molecule has 1 aliphatic heterocycles. The van der Waals surface area contributed by atoms with Crippen molar-refractivity contribution in [2.75, 3.05) is 46.8 Å². The number of carbonyl (C=O) groups excluding carboxylic acids is 2. The topological polar surface area (TPSA) is 72.5 Å². The fourth-order valence-corrected chi connectivity index (χ4v) is 3.00. The number of aromatic nitrogens is 2. The molecule has 7 nitrogen and oxygen atoms in total. The van der Waals surface area contributed by atoms with Crippen LogP contribution >= 0.6 is 0 Å². The molecule has 0 unspecified atom stereocenters. The first-order chi connectivity index (χ1) is 12.0. The number of H-pyrrole nitrogens is 1. The second-order valence-electron chi connectivity index (χ2n) is 6.65. The van der Waals surface area contributed by atoms with Gasteiger partial charge < -0.3 is 14.8 Å². The minimum Gasteiger partial charge on any atom is -0.348 e. The number of para-hydroxylation sites is 2. The Labute approximate surface area is 147 Å². The van der Waals surface area contributed by atoms with Crippen LogP contribution in [0.2, 0.25) is 0 Å². The van der Waals surface area contributed by atoms with E-state index in [9.17, 15) is 9.59 Å². The van der Waals surface area contributed by atoms with Gasteiger partial charge >= 0.3 is 0 Å². The molecule has 1 aromatic heterocycles. The molecule has 7 heteroatoms. The molecule has 0 radical (unpaired) electrons. The van der Waals surface area contributed by atoms with Crippen LogP contribution in [0.4, 0.5) is 0 Å². The van der Waals surface area contributed by atoms with Crippen LogP contribution in [0.25, 0.3) is 11.0 Å². The van der Waals surface area contributed by atoms with Gasteiger partial charge in [0.05, 0.1) is 17.6 Å². The third-order valence-corrected chi connectivity index (χ3v) is 4.60. The van der Waals surface area contributed by atoms with Gasteiger partial charge in [0.25, 0.3) is 0 Å². The molecule has 1 aliphatic rings. The third-order valence-electron chi connectivity index (χ3n) is 4.60. The van der Waals surface area contributed by atoms with Crippen LogP contribution < -0.4 is 0 Å². The van der Waals surface area contributed by atoms with Gasteiger partial charge in [0.15, 0.2) is 0 Å². The first kappa shape index (κ1) is 17.4. The molecule has 2 amide bonds. The second kappa shape index (κ2) is 7.65. The molecule has 1 N–H and O–H groups in total. The summed E-state index contributed by atoms with van der Waals surface area (Å²) >= 11 is 0. The maximum absolute atomic E-state index is 12.4. The van der Waals surface area contributed by atoms with Crippen molar-refractivity contribution in [3.63, 3.8) is 0 Å². The van der Waals surface area contributed by atoms with Gasteiger partial charge in [-0.3, -0.25) is 14.5 Å². The quantitative estimate of drug-likeness (QED) is 0.869. The number of piperazine rings is 1. The Morgan fingerprint density at radius 3 is 2.56 bits per heavy atom. The van der Waals surface area contributed by atoms with Gasteiger partial charge in [-0.1, -0.05) is 12.1 Å². The molecule has 3 rings (SSSR count). The number of carbonyl (C=O) groups is 2. The molecule has 2 aromatic rings. The van der Waals surface area contributed by atoms with Crippen molar-refractivity contribution in [1.29, 1.82) is 0 Å². The Morgan fingerprint density at radius 1 is 1.16 bits per heavy atom. The fourth-order valence-electron chi connectivity index (χ4n) is 3.00. The van der Waals surface area contributed by atoms with Gasteiger partial charge in [0.2, 0.25) is 11.8 Å². The standard InChI is InChI=1S/C18H25N5O2/c1-21(2)18(25)13-22-9-11-23(12-10-22)17(24)8-7-16-19-14-5-3-4-6-15(14)20-16/h3-6H,7-13H2,1-2H3,(H,19,20). The zero-order valence-electron chi connectivity index (χ0n) is 14.9. The molecule has 134 valence electrons. The SMILES string of the molecule is CN(C)C(=O)CN1CCN(C(=O)CCc2nc3ccccc3[nH]2)CC1. The number of amides is 2. The fraction of sp³-hybridized carbons (Fsp3) is 0.500. The van der Waals surface area contributed by atoms with Crippen molar-refractivity contribution < 1.29 is 9.59 Å². The molecule has 2 heterocycles. The van der Waals surface area contributed by atoms with Gasteiger partial charge in [-0.25, -0.2) is 4.98 Å².